The number of rotatable bonds is 4. The van der Waals surface area contributed by atoms with Gasteiger partial charge in [0.05, 0.1) is 0 Å². The topological polar surface area (TPSA) is 55.6 Å². The lowest BCUT2D eigenvalue weighted by atomic mass is 10.0. The number of piperidine rings is 1. The minimum Gasteiger partial charge on any atom is -0.481 e. The highest BCUT2D eigenvalue weighted by atomic mass is 19.2. The number of carbonyl (C=O) groups is 1. The zero-order valence-electron chi connectivity index (χ0n) is 12.0. The molecule has 1 aliphatic rings. The van der Waals surface area contributed by atoms with Crippen LogP contribution in [0.2, 0.25) is 0 Å². The number of halogens is 2. The fraction of sp³-hybridized carbons (Fsp3) is 0.533. The Hall–Kier alpha value is -1.69. The van der Waals surface area contributed by atoms with Crippen molar-refractivity contribution in [3.63, 3.8) is 0 Å². The van der Waals surface area contributed by atoms with Crippen molar-refractivity contribution in [1.82, 2.24) is 4.90 Å². The highest BCUT2D eigenvalue weighted by Gasteiger charge is 2.29. The number of nitrogens with zero attached hydrogens (tertiary/aromatic N) is 1. The maximum Gasteiger partial charge on any atom is 0.263 e. The van der Waals surface area contributed by atoms with E-state index in [4.69, 9.17) is 10.5 Å². The fourth-order valence-electron chi connectivity index (χ4n) is 2.57. The zero-order chi connectivity index (χ0) is 15.4. The van der Waals surface area contributed by atoms with Gasteiger partial charge < -0.3 is 15.4 Å². The molecule has 2 unspecified atom stereocenters. The van der Waals surface area contributed by atoms with Crippen LogP contribution in [0.5, 0.6) is 5.75 Å². The first-order chi connectivity index (χ1) is 10.0. The van der Waals surface area contributed by atoms with E-state index in [9.17, 15) is 13.6 Å². The van der Waals surface area contributed by atoms with Gasteiger partial charge in [0.15, 0.2) is 17.7 Å². The van der Waals surface area contributed by atoms with Crippen LogP contribution in [0.4, 0.5) is 8.78 Å². The van der Waals surface area contributed by atoms with Crippen LogP contribution in [-0.4, -0.2) is 36.0 Å². The van der Waals surface area contributed by atoms with E-state index < -0.39 is 17.7 Å². The average molecular weight is 298 g/mol. The van der Waals surface area contributed by atoms with Crippen molar-refractivity contribution >= 4 is 5.91 Å². The quantitative estimate of drug-likeness (QED) is 0.926. The molecule has 0 aromatic heterocycles. The smallest absolute Gasteiger partial charge is 0.263 e. The summed E-state index contributed by atoms with van der Waals surface area (Å²) in [4.78, 5) is 14.1. The summed E-state index contributed by atoms with van der Waals surface area (Å²) in [6.45, 7) is 2.68. The van der Waals surface area contributed by atoms with Crippen LogP contribution in [0.3, 0.4) is 0 Å². The lowest BCUT2D eigenvalue weighted by Gasteiger charge is -2.36. The third-order valence-corrected chi connectivity index (χ3v) is 3.73. The molecule has 0 aliphatic carbocycles. The Kier molecular flexibility index (Phi) is 5.12. The first-order valence-corrected chi connectivity index (χ1v) is 7.15. The molecule has 1 fully saturated rings. The first-order valence-electron chi connectivity index (χ1n) is 7.15. The van der Waals surface area contributed by atoms with Gasteiger partial charge in [-0.25, -0.2) is 8.78 Å². The lowest BCUT2D eigenvalue weighted by Crippen LogP contribution is -2.51. The van der Waals surface area contributed by atoms with E-state index in [1.165, 1.54) is 6.07 Å². The van der Waals surface area contributed by atoms with Crippen LogP contribution in [0, 0.1) is 11.6 Å². The van der Waals surface area contributed by atoms with Crippen molar-refractivity contribution in [2.75, 3.05) is 13.1 Å². The van der Waals surface area contributed by atoms with E-state index >= 15 is 0 Å². The Labute approximate surface area is 122 Å². The molecule has 0 spiro atoms. The summed E-state index contributed by atoms with van der Waals surface area (Å²) in [7, 11) is 0. The Morgan fingerprint density at radius 1 is 1.43 bits per heavy atom. The molecule has 6 heteroatoms. The second kappa shape index (κ2) is 6.85. The zero-order valence-corrected chi connectivity index (χ0v) is 12.0. The molecule has 1 aliphatic heterocycles. The highest BCUT2D eigenvalue weighted by Crippen LogP contribution is 2.20. The Bertz CT molecular complexity index is 510. The molecule has 4 nitrogen and oxygen atoms in total. The van der Waals surface area contributed by atoms with Crippen molar-refractivity contribution < 1.29 is 18.3 Å². The van der Waals surface area contributed by atoms with Crippen molar-refractivity contribution in [2.45, 2.75) is 38.3 Å². The van der Waals surface area contributed by atoms with Gasteiger partial charge in [0.1, 0.15) is 5.75 Å². The molecule has 1 saturated heterocycles. The van der Waals surface area contributed by atoms with Crippen LogP contribution in [0.15, 0.2) is 18.2 Å². The number of ether oxygens (including phenoxy) is 1. The van der Waals surface area contributed by atoms with Crippen LogP contribution in [0.1, 0.15) is 26.2 Å². The predicted octanol–water partition coefficient (Wildman–Crippen LogP) is 2.07. The third-order valence-electron chi connectivity index (χ3n) is 3.73. The number of carbonyl (C=O) groups excluding carboxylic acids is 1. The van der Waals surface area contributed by atoms with Crippen LogP contribution >= 0.6 is 0 Å². The highest BCUT2D eigenvalue weighted by molar-refractivity contribution is 5.81. The summed E-state index contributed by atoms with van der Waals surface area (Å²) in [5.74, 6) is -1.98. The molecule has 2 rings (SSSR count). The minimum atomic E-state index is -0.995. The van der Waals surface area contributed by atoms with Crippen molar-refractivity contribution in [1.29, 1.82) is 0 Å². The second-order valence-corrected chi connectivity index (χ2v) is 5.25. The van der Waals surface area contributed by atoms with Gasteiger partial charge in [-0.15, -0.1) is 0 Å². The number of amides is 1. The fourth-order valence-corrected chi connectivity index (χ4v) is 2.57. The van der Waals surface area contributed by atoms with Crippen LogP contribution < -0.4 is 10.5 Å². The molecule has 1 amide bonds. The van der Waals surface area contributed by atoms with Gasteiger partial charge in [-0.3, -0.25) is 4.79 Å². The lowest BCUT2D eigenvalue weighted by molar-refractivity contribution is -0.141. The van der Waals surface area contributed by atoms with Crippen LogP contribution in [-0.2, 0) is 4.79 Å². The molecule has 0 bridgehead atoms. The minimum absolute atomic E-state index is 0.0299. The standard InChI is InChI=1S/C15H20F2N2O2/c1-10(21-12-5-6-13(16)14(17)8-12)15(20)19-7-3-2-4-11(19)9-18/h5-6,8,10-11H,2-4,7,9,18H2,1H3. The van der Waals surface area contributed by atoms with Gasteiger partial charge in [-0.1, -0.05) is 0 Å². The molecule has 21 heavy (non-hydrogen) atoms. The molecular weight excluding hydrogens is 278 g/mol. The van der Waals surface area contributed by atoms with Gasteiger partial charge in [0.2, 0.25) is 0 Å². The van der Waals surface area contributed by atoms with E-state index in [-0.39, 0.29) is 17.7 Å². The van der Waals surface area contributed by atoms with E-state index in [2.05, 4.69) is 0 Å². The summed E-state index contributed by atoms with van der Waals surface area (Å²) in [6, 6.07) is 3.25. The molecule has 1 heterocycles. The molecule has 1 aromatic rings. The van der Waals surface area contributed by atoms with Crippen molar-refractivity contribution in [3.8, 4) is 5.75 Å². The molecule has 1 aromatic carbocycles. The number of hydrogen-bond acceptors (Lipinski definition) is 3. The molecule has 116 valence electrons. The van der Waals surface area contributed by atoms with E-state index in [0.29, 0.717) is 13.1 Å². The monoisotopic (exact) mass is 298 g/mol. The number of nitrogens with two attached hydrogens (primary N) is 1. The van der Waals surface area contributed by atoms with E-state index in [0.717, 1.165) is 31.4 Å². The average Bonchev–Trinajstić information content (AvgIpc) is 2.50. The van der Waals surface area contributed by atoms with Crippen molar-refractivity contribution in [2.24, 2.45) is 5.73 Å². The first kappa shape index (κ1) is 15.7. The number of hydrogen-bond donors (Lipinski definition) is 1. The molecule has 0 radical (unpaired) electrons. The Balaban J connectivity index is 2.02. The van der Waals surface area contributed by atoms with Gasteiger partial charge in [-0.05, 0) is 38.3 Å². The summed E-state index contributed by atoms with van der Waals surface area (Å²) in [5, 5.41) is 0. The van der Waals surface area contributed by atoms with Gasteiger partial charge in [0.25, 0.3) is 5.91 Å². The Morgan fingerprint density at radius 2 is 2.19 bits per heavy atom. The normalized spacial score (nSPS) is 20.2. The summed E-state index contributed by atoms with van der Waals surface area (Å²) >= 11 is 0. The van der Waals surface area contributed by atoms with Gasteiger partial charge in [0, 0.05) is 25.2 Å². The number of benzene rings is 1. The predicted molar refractivity (Wildman–Crippen MR) is 74.9 cm³/mol. The maximum absolute atomic E-state index is 13.1. The third kappa shape index (κ3) is 3.69. The Morgan fingerprint density at radius 3 is 2.86 bits per heavy atom. The summed E-state index contributed by atoms with van der Waals surface area (Å²) < 4.78 is 31.4. The summed E-state index contributed by atoms with van der Waals surface area (Å²) in [5.41, 5.74) is 5.69. The van der Waals surface area contributed by atoms with Crippen LogP contribution in [0.25, 0.3) is 0 Å². The summed E-state index contributed by atoms with van der Waals surface area (Å²) in [6.07, 6.45) is 2.13. The second-order valence-electron chi connectivity index (χ2n) is 5.25. The largest absolute Gasteiger partial charge is 0.481 e. The number of likely N-dealkylation sites (tertiary alicyclic amines) is 1. The van der Waals surface area contributed by atoms with Crippen molar-refractivity contribution in [3.05, 3.63) is 29.8 Å². The van der Waals surface area contributed by atoms with Gasteiger partial charge in [-0.2, -0.15) is 0 Å². The van der Waals surface area contributed by atoms with E-state index in [1.54, 1.807) is 11.8 Å². The molecule has 2 N–H and O–H groups in total. The molecule has 2 atom stereocenters. The molecular formula is C15H20F2N2O2. The molecule has 0 saturated carbocycles. The van der Waals surface area contributed by atoms with Gasteiger partial charge >= 0.3 is 0 Å². The maximum atomic E-state index is 13.1. The van der Waals surface area contributed by atoms with E-state index in [1.807, 2.05) is 0 Å². The SMILES string of the molecule is CC(Oc1ccc(F)c(F)c1)C(=O)N1CCCCC1CN.